The minimum absolute atomic E-state index is 0.0461. The van der Waals surface area contributed by atoms with Crippen molar-refractivity contribution in [2.75, 3.05) is 24.5 Å². The molecule has 0 N–H and O–H groups in total. The van der Waals surface area contributed by atoms with Crippen molar-refractivity contribution < 1.29 is 9.59 Å². The number of carbonyl (C=O) groups excluding carboxylic acids is 2. The van der Waals surface area contributed by atoms with E-state index in [9.17, 15) is 9.59 Å². The zero-order valence-electron chi connectivity index (χ0n) is 12.4. The Labute approximate surface area is 120 Å². The second kappa shape index (κ2) is 6.07. The lowest BCUT2D eigenvalue weighted by Gasteiger charge is -2.23. The van der Waals surface area contributed by atoms with Crippen LogP contribution in [0.15, 0.2) is 24.3 Å². The van der Waals surface area contributed by atoms with Crippen molar-refractivity contribution in [3.05, 3.63) is 29.8 Å². The summed E-state index contributed by atoms with van der Waals surface area (Å²) in [5, 5.41) is 0. The molecule has 4 nitrogen and oxygen atoms in total. The predicted molar refractivity (Wildman–Crippen MR) is 79.6 cm³/mol. The summed E-state index contributed by atoms with van der Waals surface area (Å²) in [6.07, 6.45) is 0.323. The summed E-state index contributed by atoms with van der Waals surface area (Å²) in [5.41, 5.74) is 1.99. The van der Waals surface area contributed by atoms with Crippen LogP contribution in [-0.4, -0.2) is 36.3 Å². The number of hydrogen-bond acceptors (Lipinski definition) is 2. The van der Waals surface area contributed by atoms with E-state index < -0.39 is 0 Å². The first-order valence-corrected chi connectivity index (χ1v) is 7.23. The molecule has 4 heteroatoms. The van der Waals surface area contributed by atoms with Gasteiger partial charge in [0.05, 0.1) is 5.92 Å². The lowest BCUT2D eigenvalue weighted by atomic mass is 10.1. The van der Waals surface area contributed by atoms with Gasteiger partial charge in [-0.1, -0.05) is 18.2 Å². The van der Waals surface area contributed by atoms with E-state index in [1.54, 1.807) is 9.80 Å². The Morgan fingerprint density at radius 1 is 1.30 bits per heavy atom. The summed E-state index contributed by atoms with van der Waals surface area (Å²) in [5.74, 6) is -0.0637. The topological polar surface area (TPSA) is 40.6 Å². The Morgan fingerprint density at radius 3 is 2.55 bits per heavy atom. The first kappa shape index (κ1) is 14.6. The van der Waals surface area contributed by atoms with Crippen molar-refractivity contribution in [1.82, 2.24) is 4.90 Å². The normalized spacial score (nSPS) is 18.4. The summed E-state index contributed by atoms with van der Waals surface area (Å²) < 4.78 is 0. The van der Waals surface area contributed by atoms with Crippen LogP contribution in [0.4, 0.5) is 5.69 Å². The third-order valence-electron chi connectivity index (χ3n) is 3.96. The van der Waals surface area contributed by atoms with Crippen LogP contribution in [-0.2, 0) is 9.59 Å². The van der Waals surface area contributed by atoms with Gasteiger partial charge in [0.1, 0.15) is 0 Å². The van der Waals surface area contributed by atoms with Gasteiger partial charge in [0, 0.05) is 31.7 Å². The average molecular weight is 274 g/mol. The van der Waals surface area contributed by atoms with Gasteiger partial charge >= 0.3 is 0 Å². The number of carbonyl (C=O) groups is 2. The monoisotopic (exact) mass is 274 g/mol. The third kappa shape index (κ3) is 2.69. The molecule has 0 bridgehead atoms. The molecule has 108 valence electrons. The van der Waals surface area contributed by atoms with Crippen molar-refractivity contribution in [1.29, 1.82) is 0 Å². The predicted octanol–water partition coefficient (Wildman–Crippen LogP) is 2.22. The van der Waals surface area contributed by atoms with Gasteiger partial charge in [-0.25, -0.2) is 0 Å². The highest BCUT2D eigenvalue weighted by Gasteiger charge is 2.36. The first-order chi connectivity index (χ1) is 9.58. The lowest BCUT2D eigenvalue weighted by Crippen LogP contribution is -2.37. The second-order valence-corrected chi connectivity index (χ2v) is 5.20. The Kier molecular flexibility index (Phi) is 4.42. The highest BCUT2D eigenvalue weighted by atomic mass is 16.2. The number of benzene rings is 1. The molecular formula is C16H22N2O2. The number of para-hydroxylation sites is 1. The van der Waals surface area contributed by atoms with Crippen molar-refractivity contribution in [2.45, 2.75) is 27.2 Å². The van der Waals surface area contributed by atoms with Gasteiger partial charge in [0.15, 0.2) is 0 Å². The van der Waals surface area contributed by atoms with Gasteiger partial charge in [-0.3, -0.25) is 9.59 Å². The highest BCUT2D eigenvalue weighted by molar-refractivity contribution is 6.00. The number of anilines is 1. The molecule has 1 aliphatic rings. The van der Waals surface area contributed by atoms with E-state index in [4.69, 9.17) is 0 Å². The number of rotatable bonds is 4. The minimum Gasteiger partial charge on any atom is -0.343 e. The number of amides is 2. The number of nitrogens with zero attached hydrogens (tertiary/aromatic N) is 2. The molecule has 2 rings (SSSR count). The third-order valence-corrected chi connectivity index (χ3v) is 3.96. The molecule has 20 heavy (non-hydrogen) atoms. The maximum absolute atomic E-state index is 12.4. The molecule has 0 aliphatic carbocycles. The fourth-order valence-corrected chi connectivity index (χ4v) is 2.77. The van der Waals surface area contributed by atoms with Gasteiger partial charge in [-0.2, -0.15) is 0 Å². The molecule has 0 saturated carbocycles. The molecular weight excluding hydrogens is 252 g/mol. The molecule has 0 unspecified atom stereocenters. The molecule has 0 aromatic heterocycles. The molecule has 1 heterocycles. The molecule has 1 aliphatic heterocycles. The molecule has 2 amide bonds. The molecule has 0 radical (unpaired) electrons. The van der Waals surface area contributed by atoms with Crippen molar-refractivity contribution >= 4 is 17.5 Å². The molecule has 0 spiro atoms. The van der Waals surface area contributed by atoms with Crippen LogP contribution >= 0.6 is 0 Å². The van der Waals surface area contributed by atoms with Crippen molar-refractivity contribution in [2.24, 2.45) is 5.92 Å². The molecule has 1 aromatic rings. The molecule has 1 fully saturated rings. The highest BCUT2D eigenvalue weighted by Crippen LogP contribution is 2.28. The van der Waals surface area contributed by atoms with E-state index in [2.05, 4.69) is 0 Å². The van der Waals surface area contributed by atoms with Crippen LogP contribution in [0.5, 0.6) is 0 Å². The van der Waals surface area contributed by atoms with E-state index in [-0.39, 0.29) is 17.7 Å². The fourth-order valence-electron chi connectivity index (χ4n) is 2.77. The van der Waals surface area contributed by atoms with E-state index in [1.165, 1.54) is 0 Å². The molecule has 1 atom stereocenters. The second-order valence-electron chi connectivity index (χ2n) is 5.20. The van der Waals surface area contributed by atoms with Gasteiger partial charge in [-0.15, -0.1) is 0 Å². The Hall–Kier alpha value is -1.84. The maximum Gasteiger partial charge on any atom is 0.227 e. The molecule has 1 saturated heterocycles. The summed E-state index contributed by atoms with van der Waals surface area (Å²) in [6, 6.07) is 7.81. The van der Waals surface area contributed by atoms with E-state index >= 15 is 0 Å². The quantitative estimate of drug-likeness (QED) is 0.844. The van der Waals surface area contributed by atoms with Crippen LogP contribution < -0.4 is 4.90 Å². The number of hydrogen-bond donors (Lipinski definition) is 0. The van der Waals surface area contributed by atoms with E-state index in [1.807, 2.05) is 45.0 Å². The standard InChI is InChI=1S/C16H22N2O2/c1-4-17(5-2)16(20)13-10-15(19)18(11-13)14-9-7-6-8-12(14)3/h6-9,13H,4-5,10-11H2,1-3H3/t13-/m0/s1. The Bertz CT molecular complexity index is 509. The zero-order chi connectivity index (χ0) is 14.7. The number of aryl methyl sites for hydroxylation is 1. The SMILES string of the molecule is CCN(CC)C(=O)[C@H]1CC(=O)N(c2ccccc2C)C1. The zero-order valence-corrected chi connectivity index (χ0v) is 12.4. The molecule has 1 aromatic carbocycles. The van der Waals surface area contributed by atoms with Gasteiger partial charge in [0.2, 0.25) is 11.8 Å². The van der Waals surface area contributed by atoms with Gasteiger partial charge in [0.25, 0.3) is 0 Å². The summed E-state index contributed by atoms with van der Waals surface area (Å²) in [7, 11) is 0. The Morgan fingerprint density at radius 2 is 1.95 bits per heavy atom. The minimum atomic E-state index is -0.206. The smallest absolute Gasteiger partial charge is 0.227 e. The maximum atomic E-state index is 12.4. The van der Waals surface area contributed by atoms with Crippen LogP contribution in [0.2, 0.25) is 0 Å². The summed E-state index contributed by atoms with van der Waals surface area (Å²) >= 11 is 0. The van der Waals surface area contributed by atoms with Crippen LogP contribution in [0.25, 0.3) is 0 Å². The van der Waals surface area contributed by atoms with E-state index in [0.29, 0.717) is 26.1 Å². The average Bonchev–Trinajstić information content (AvgIpc) is 2.82. The summed E-state index contributed by atoms with van der Waals surface area (Å²) in [6.45, 7) is 7.82. The van der Waals surface area contributed by atoms with Crippen molar-refractivity contribution in [3.8, 4) is 0 Å². The van der Waals surface area contributed by atoms with Gasteiger partial charge < -0.3 is 9.80 Å². The van der Waals surface area contributed by atoms with Gasteiger partial charge in [-0.05, 0) is 32.4 Å². The lowest BCUT2D eigenvalue weighted by molar-refractivity contribution is -0.135. The Balaban J connectivity index is 2.16. The van der Waals surface area contributed by atoms with E-state index in [0.717, 1.165) is 11.3 Å². The van der Waals surface area contributed by atoms with Crippen molar-refractivity contribution in [3.63, 3.8) is 0 Å². The van der Waals surface area contributed by atoms with Crippen LogP contribution in [0.1, 0.15) is 25.8 Å². The summed E-state index contributed by atoms with van der Waals surface area (Å²) in [4.78, 5) is 28.1. The van der Waals surface area contributed by atoms with Crippen LogP contribution in [0.3, 0.4) is 0 Å². The first-order valence-electron chi connectivity index (χ1n) is 7.23. The van der Waals surface area contributed by atoms with Crippen LogP contribution in [0, 0.1) is 12.8 Å². The fraction of sp³-hybridized carbons (Fsp3) is 0.500. The largest absolute Gasteiger partial charge is 0.343 e.